The SMILES string of the molecule is Nc1ccccc1N=Cc1ccccc1. The molecule has 74 valence electrons. The Morgan fingerprint density at radius 1 is 0.867 bits per heavy atom. The van der Waals surface area contributed by atoms with Crippen molar-refractivity contribution in [2.75, 3.05) is 5.73 Å². The van der Waals surface area contributed by atoms with Gasteiger partial charge in [-0.05, 0) is 17.7 Å². The van der Waals surface area contributed by atoms with E-state index in [1.807, 2.05) is 60.8 Å². The monoisotopic (exact) mass is 196 g/mol. The Morgan fingerprint density at radius 3 is 2.27 bits per heavy atom. The van der Waals surface area contributed by atoms with Gasteiger partial charge in [-0.1, -0.05) is 42.5 Å². The molecule has 0 heterocycles. The molecule has 2 N–H and O–H groups in total. The topological polar surface area (TPSA) is 38.4 Å². The van der Waals surface area contributed by atoms with E-state index >= 15 is 0 Å². The summed E-state index contributed by atoms with van der Waals surface area (Å²) in [5.74, 6) is 0. The fourth-order valence-corrected chi connectivity index (χ4v) is 1.29. The van der Waals surface area contributed by atoms with Crippen molar-refractivity contribution in [3.05, 3.63) is 60.2 Å². The summed E-state index contributed by atoms with van der Waals surface area (Å²) in [5.41, 5.74) is 8.35. The largest absolute Gasteiger partial charge is 0.397 e. The molecule has 0 unspecified atom stereocenters. The summed E-state index contributed by atoms with van der Waals surface area (Å²) >= 11 is 0. The van der Waals surface area contributed by atoms with Gasteiger partial charge in [0.25, 0.3) is 0 Å². The molecule has 2 rings (SSSR count). The van der Waals surface area contributed by atoms with Crippen molar-refractivity contribution in [2.24, 2.45) is 4.99 Å². The van der Waals surface area contributed by atoms with Crippen molar-refractivity contribution in [1.82, 2.24) is 0 Å². The average molecular weight is 196 g/mol. The molecule has 2 aromatic carbocycles. The third-order valence-corrected chi connectivity index (χ3v) is 2.09. The van der Waals surface area contributed by atoms with Crippen LogP contribution in [-0.4, -0.2) is 6.21 Å². The number of para-hydroxylation sites is 2. The zero-order chi connectivity index (χ0) is 10.5. The van der Waals surface area contributed by atoms with Crippen molar-refractivity contribution in [2.45, 2.75) is 0 Å². The third-order valence-electron chi connectivity index (χ3n) is 2.09. The molecule has 0 bridgehead atoms. The standard InChI is InChI=1S/C13H12N2/c14-12-8-4-5-9-13(12)15-10-11-6-2-1-3-7-11/h1-10H,14H2. The molecule has 0 saturated carbocycles. The Hall–Kier alpha value is -2.09. The molecule has 0 spiro atoms. The fraction of sp³-hybridized carbons (Fsp3) is 0. The lowest BCUT2D eigenvalue weighted by molar-refractivity contribution is 1.52. The van der Waals surface area contributed by atoms with Gasteiger partial charge in [0.2, 0.25) is 0 Å². The fourth-order valence-electron chi connectivity index (χ4n) is 1.29. The van der Waals surface area contributed by atoms with Gasteiger partial charge < -0.3 is 5.73 Å². The number of nitrogens with two attached hydrogens (primary N) is 1. The van der Waals surface area contributed by atoms with Crippen LogP contribution in [0.25, 0.3) is 0 Å². The lowest BCUT2D eigenvalue weighted by Crippen LogP contribution is -1.85. The number of anilines is 1. The maximum atomic E-state index is 5.77. The molecular formula is C13H12N2. The van der Waals surface area contributed by atoms with Crippen molar-refractivity contribution in [3.8, 4) is 0 Å². The first-order valence-corrected chi connectivity index (χ1v) is 4.80. The summed E-state index contributed by atoms with van der Waals surface area (Å²) in [4.78, 5) is 4.33. The molecule has 0 aliphatic rings. The highest BCUT2D eigenvalue weighted by molar-refractivity contribution is 5.83. The first kappa shape index (κ1) is 9.46. The van der Waals surface area contributed by atoms with Crippen LogP contribution >= 0.6 is 0 Å². The molecule has 15 heavy (non-hydrogen) atoms. The normalized spacial score (nSPS) is 10.7. The van der Waals surface area contributed by atoms with E-state index in [0.717, 1.165) is 11.3 Å². The van der Waals surface area contributed by atoms with E-state index in [1.165, 1.54) is 0 Å². The highest BCUT2D eigenvalue weighted by Gasteiger charge is 1.92. The van der Waals surface area contributed by atoms with E-state index in [2.05, 4.69) is 4.99 Å². The molecule has 0 radical (unpaired) electrons. The van der Waals surface area contributed by atoms with Gasteiger partial charge in [0.1, 0.15) is 0 Å². The molecule has 0 aliphatic carbocycles. The second-order valence-corrected chi connectivity index (χ2v) is 3.23. The molecule has 2 heteroatoms. The van der Waals surface area contributed by atoms with Gasteiger partial charge in [-0.25, -0.2) is 0 Å². The van der Waals surface area contributed by atoms with Gasteiger partial charge >= 0.3 is 0 Å². The zero-order valence-electron chi connectivity index (χ0n) is 8.30. The highest BCUT2D eigenvalue weighted by atomic mass is 14.8. The van der Waals surface area contributed by atoms with Crippen LogP contribution in [0, 0.1) is 0 Å². The average Bonchev–Trinajstić information content (AvgIpc) is 2.29. The molecule has 0 aliphatic heterocycles. The maximum Gasteiger partial charge on any atom is 0.0859 e. The number of benzene rings is 2. The highest BCUT2D eigenvalue weighted by Crippen LogP contribution is 2.20. The molecular weight excluding hydrogens is 184 g/mol. The minimum Gasteiger partial charge on any atom is -0.397 e. The quantitative estimate of drug-likeness (QED) is 0.582. The predicted octanol–water partition coefficient (Wildman–Crippen LogP) is 3.02. The number of rotatable bonds is 2. The first-order valence-electron chi connectivity index (χ1n) is 4.80. The summed E-state index contributed by atoms with van der Waals surface area (Å²) in [6.45, 7) is 0. The van der Waals surface area contributed by atoms with Crippen molar-refractivity contribution >= 4 is 17.6 Å². The van der Waals surface area contributed by atoms with Crippen molar-refractivity contribution < 1.29 is 0 Å². The van der Waals surface area contributed by atoms with E-state index < -0.39 is 0 Å². The molecule has 0 saturated heterocycles. The van der Waals surface area contributed by atoms with Gasteiger partial charge in [0.05, 0.1) is 11.4 Å². The van der Waals surface area contributed by atoms with Crippen LogP contribution < -0.4 is 5.73 Å². The maximum absolute atomic E-state index is 5.77. The van der Waals surface area contributed by atoms with Crippen molar-refractivity contribution in [1.29, 1.82) is 0 Å². The van der Waals surface area contributed by atoms with Crippen LogP contribution in [-0.2, 0) is 0 Å². The first-order chi connectivity index (χ1) is 7.36. The van der Waals surface area contributed by atoms with Gasteiger partial charge in [0.15, 0.2) is 0 Å². The smallest absolute Gasteiger partial charge is 0.0859 e. The minimum atomic E-state index is 0.699. The Kier molecular flexibility index (Phi) is 2.79. The molecule has 0 atom stereocenters. The van der Waals surface area contributed by atoms with E-state index in [9.17, 15) is 0 Å². The summed E-state index contributed by atoms with van der Waals surface area (Å²) < 4.78 is 0. The Morgan fingerprint density at radius 2 is 1.53 bits per heavy atom. The summed E-state index contributed by atoms with van der Waals surface area (Å²) in [7, 11) is 0. The number of hydrogen-bond acceptors (Lipinski definition) is 2. The molecule has 0 aromatic heterocycles. The van der Waals surface area contributed by atoms with E-state index in [-0.39, 0.29) is 0 Å². The summed E-state index contributed by atoms with van der Waals surface area (Å²) in [6.07, 6.45) is 1.81. The van der Waals surface area contributed by atoms with E-state index in [0.29, 0.717) is 5.69 Å². The Labute approximate surface area is 89.1 Å². The van der Waals surface area contributed by atoms with Gasteiger partial charge in [0, 0.05) is 6.21 Å². The number of hydrogen-bond donors (Lipinski definition) is 1. The number of nitrogen functional groups attached to an aromatic ring is 1. The lowest BCUT2D eigenvalue weighted by atomic mass is 10.2. The summed E-state index contributed by atoms with van der Waals surface area (Å²) in [5, 5.41) is 0. The molecule has 2 nitrogen and oxygen atoms in total. The molecule has 2 aromatic rings. The van der Waals surface area contributed by atoms with Gasteiger partial charge in [-0.15, -0.1) is 0 Å². The van der Waals surface area contributed by atoms with Crippen molar-refractivity contribution in [3.63, 3.8) is 0 Å². The predicted molar refractivity (Wildman–Crippen MR) is 64.6 cm³/mol. The van der Waals surface area contributed by atoms with Crippen LogP contribution in [0.3, 0.4) is 0 Å². The van der Waals surface area contributed by atoms with Gasteiger partial charge in [-0.3, -0.25) is 4.99 Å². The molecule has 0 fully saturated rings. The van der Waals surface area contributed by atoms with Gasteiger partial charge in [-0.2, -0.15) is 0 Å². The van der Waals surface area contributed by atoms with Crippen LogP contribution in [0.5, 0.6) is 0 Å². The minimum absolute atomic E-state index is 0.699. The number of nitrogens with zero attached hydrogens (tertiary/aromatic N) is 1. The van der Waals surface area contributed by atoms with E-state index in [4.69, 9.17) is 5.73 Å². The second-order valence-electron chi connectivity index (χ2n) is 3.23. The zero-order valence-corrected chi connectivity index (χ0v) is 8.30. The summed E-state index contributed by atoms with van der Waals surface area (Å²) in [6, 6.07) is 17.5. The Bertz CT molecular complexity index is 461. The third kappa shape index (κ3) is 2.44. The van der Waals surface area contributed by atoms with Crippen LogP contribution in [0.2, 0.25) is 0 Å². The lowest BCUT2D eigenvalue weighted by Gasteiger charge is -1.97. The van der Waals surface area contributed by atoms with Crippen LogP contribution in [0.15, 0.2) is 59.6 Å². The van der Waals surface area contributed by atoms with Crippen LogP contribution in [0.1, 0.15) is 5.56 Å². The number of aliphatic imine (C=N–C) groups is 1. The van der Waals surface area contributed by atoms with E-state index in [1.54, 1.807) is 0 Å². The van der Waals surface area contributed by atoms with Crippen LogP contribution in [0.4, 0.5) is 11.4 Å². The molecule has 0 amide bonds. The second kappa shape index (κ2) is 4.42. The Balaban J connectivity index is 2.23.